The predicted octanol–water partition coefficient (Wildman–Crippen LogP) is 0.506. The molecule has 14 heavy (non-hydrogen) atoms. The molecule has 2 N–H and O–H groups in total. The Bertz CT molecular complexity index is 426. The molecule has 1 aromatic rings. The maximum atomic E-state index is 11.4. The summed E-state index contributed by atoms with van der Waals surface area (Å²) >= 11 is 0. The van der Waals surface area contributed by atoms with Crippen LogP contribution in [-0.2, 0) is 22.8 Å². The second-order valence-corrected chi connectivity index (χ2v) is 5.03. The van der Waals surface area contributed by atoms with Gasteiger partial charge in [-0.1, -0.05) is 13.0 Å². The normalized spacial score (nSPS) is 11.6. The Morgan fingerprint density at radius 1 is 1.43 bits per heavy atom. The summed E-state index contributed by atoms with van der Waals surface area (Å²) in [6.07, 6.45) is 1.86. The Hall–Kier alpha value is -0.940. The number of nitrogens with two attached hydrogens (primary N) is 1. The summed E-state index contributed by atoms with van der Waals surface area (Å²) in [5.74, 6) is 0. The van der Waals surface area contributed by atoms with Gasteiger partial charge in [-0.15, -0.1) is 0 Å². The van der Waals surface area contributed by atoms with Crippen molar-refractivity contribution in [2.75, 3.05) is 6.26 Å². The zero-order chi connectivity index (χ0) is 10.8. The number of aromatic nitrogens is 1. The van der Waals surface area contributed by atoms with Crippen LogP contribution in [0.3, 0.4) is 0 Å². The third-order valence-corrected chi connectivity index (χ3v) is 2.99. The van der Waals surface area contributed by atoms with Crippen molar-refractivity contribution < 1.29 is 8.42 Å². The Morgan fingerprint density at radius 2 is 2.07 bits per heavy atom. The van der Waals surface area contributed by atoms with Crippen molar-refractivity contribution >= 4 is 9.84 Å². The van der Waals surface area contributed by atoms with Gasteiger partial charge in [-0.2, -0.15) is 0 Å². The number of hydrogen-bond donors (Lipinski definition) is 1. The molecule has 0 saturated carbocycles. The van der Waals surface area contributed by atoms with Crippen LogP contribution in [0, 0.1) is 0 Å². The van der Waals surface area contributed by atoms with Crippen molar-refractivity contribution in [3.05, 3.63) is 23.4 Å². The van der Waals surface area contributed by atoms with E-state index in [1.807, 2.05) is 6.92 Å². The first-order valence-electron chi connectivity index (χ1n) is 4.38. The molecule has 4 nitrogen and oxygen atoms in total. The lowest BCUT2D eigenvalue weighted by Crippen LogP contribution is -2.10. The first kappa shape index (κ1) is 11.1. The fourth-order valence-electron chi connectivity index (χ4n) is 1.18. The van der Waals surface area contributed by atoms with E-state index in [-0.39, 0.29) is 11.6 Å². The van der Waals surface area contributed by atoms with Crippen molar-refractivity contribution in [2.24, 2.45) is 5.73 Å². The van der Waals surface area contributed by atoms with Gasteiger partial charge in [-0.05, 0) is 12.5 Å². The molecule has 0 bridgehead atoms. The quantitative estimate of drug-likeness (QED) is 0.795. The van der Waals surface area contributed by atoms with E-state index in [4.69, 9.17) is 5.73 Å². The highest BCUT2D eigenvalue weighted by Gasteiger charge is 2.14. The zero-order valence-electron chi connectivity index (χ0n) is 8.32. The molecule has 0 atom stereocenters. The van der Waals surface area contributed by atoms with Crippen molar-refractivity contribution in [1.82, 2.24) is 4.98 Å². The summed E-state index contributed by atoms with van der Waals surface area (Å²) in [6, 6.07) is 3.53. The Morgan fingerprint density at radius 3 is 2.50 bits per heavy atom. The van der Waals surface area contributed by atoms with Gasteiger partial charge in [-0.25, -0.2) is 13.4 Å². The van der Waals surface area contributed by atoms with E-state index in [1.165, 1.54) is 0 Å². The van der Waals surface area contributed by atoms with Crippen LogP contribution in [-0.4, -0.2) is 19.7 Å². The largest absolute Gasteiger partial charge is 0.326 e. The highest BCUT2D eigenvalue weighted by molar-refractivity contribution is 7.90. The molecule has 0 radical (unpaired) electrons. The van der Waals surface area contributed by atoms with E-state index in [1.54, 1.807) is 12.1 Å². The van der Waals surface area contributed by atoms with Crippen molar-refractivity contribution in [2.45, 2.75) is 24.9 Å². The van der Waals surface area contributed by atoms with Gasteiger partial charge in [0.05, 0.1) is 0 Å². The fraction of sp³-hybridized carbons (Fsp3) is 0.444. The maximum absolute atomic E-state index is 11.4. The van der Waals surface area contributed by atoms with Gasteiger partial charge in [0, 0.05) is 24.1 Å². The average Bonchev–Trinajstić information content (AvgIpc) is 2.15. The molecule has 1 heterocycles. The van der Waals surface area contributed by atoms with E-state index in [0.29, 0.717) is 12.0 Å². The topological polar surface area (TPSA) is 73.1 Å². The molecular formula is C9H14N2O2S. The van der Waals surface area contributed by atoms with Gasteiger partial charge in [-0.3, -0.25) is 0 Å². The molecule has 0 spiro atoms. The monoisotopic (exact) mass is 214 g/mol. The summed E-state index contributed by atoms with van der Waals surface area (Å²) < 4.78 is 22.7. The van der Waals surface area contributed by atoms with Crippen LogP contribution in [0.4, 0.5) is 0 Å². The van der Waals surface area contributed by atoms with Gasteiger partial charge in [0.15, 0.2) is 14.9 Å². The van der Waals surface area contributed by atoms with Crippen LogP contribution >= 0.6 is 0 Å². The zero-order valence-corrected chi connectivity index (χ0v) is 9.13. The van der Waals surface area contributed by atoms with E-state index < -0.39 is 9.84 Å². The molecule has 1 rings (SSSR count). The summed E-state index contributed by atoms with van der Waals surface area (Å²) in [6.45, 7) is 2.12. The Labute approximate surface area is 84.1 Å². The summed E-state index contributed by atoms with van der Waals surface area (Å²) in [4.78, 5) is 4.07. The summed E-state index contributed by atoms with van der Waals surface area (Å²) in [5.41, 5.74) is 6.77. The minimum absolute atomic E-state index is 0.111. The third-order valence-electron chi connectivity index (χ3n) is 1.93. The van der Waals surface area contributed by atoms with Crippen LogP contribution in [0.5, 0.6) is 0 Å². The number of aryl methyl sites for hydroxylation is 1. The molecule has 0 fully saturated rings. The fourth-order valence-corrected chi connectivity index (χ4v) is 2.09. The highest BCUT2D eigenvalue weighted by atomic mass is 32.2. The van der Waals surface area contributed by atoms with Crippen LogP contribution in [0.25, 0.3) is 0 Å². The van der Waals surface area contributed by atoms with Crippen molar-refractivity contribution in [3.8, 4) is 0 Å². The number of pyridine rings is 1. The highest BCUT2D eigenvalue weighted by Crippen LogP contribution is 2.13. The minimum Gasteiger partial charge on any atom is -0.326 e. The van der Waals surface area contributed by atoms with Crippen LogP contribution in [0.2, 0.25) is 0 Å². The standard InChI is InChI=1S/C9H14N2O2S/c1-3-8-5-4-7(6-10)9(11-8)14(2,12)13/h4-5H,3,6,10H2,1-2H3. The molecule has 0 amide bonds. The lowest BCUT2D eigenvalue weighted by molar-refractivity contribution is 0.595. The van der Waals surface area contributed by atoms with Crippen molar-refractivity contribution in [1.29, 1.82) is 0 Å². The molecule has 78 valence electrons. The maximum Gasteiger partial charge on any atom is 0.193 e. The molecule has 1 aromatic heterocycles. The Balaban J connectivity index is 3.37. The van der Waals surface area contributed by atoms with Gasteiger partial charge < -0.3 is 5.73 Å². The molecule has 0 aromatic carbocycles. The summed E-state index contributed by atoms with van der Waals surface area (Å²) in [7, 11) is -3.27. The molecule has 5 heteroatoms. The van der Waals surface area contributed by atoms with Gasteiger partial charge >= 0.3 is 0 Å². The predicted molar refractivity (Wildman–Crippen MR) is 54.6 cm³/mol. The van der Waals surface area contributed by atoms with E-state index in [2.05, 4.69) is 4.98 Å². The van der Waals surface area contributed by atoms with Gasteiger partial charge in [0.25, 0.3) is 0 Å². The molecule has 0 aliphatic rings. The smallest absolute Gasteiger partial charge is 0.193 e. The van der Waals surface area contributed by atoms with Crippen LogP contribution in [0.1, 0.15) is 18.2 Å². The third kappa shape index (κ3) is 2.30. The first-order valence-corrected chi connectivity index (χ1v) is 6.27. The molecule has 0 aliphatic carbocycles. The second-order valence-electron chi connectivity index (χ2n) is 3.10. The molecular weight excluding hydrogens is 200 g/mol. The molecule has 0 aliphatic heterocycles. The van der Waals surface area contributed by atoms with E-state index in [9.17, 15) is 8.42 Å². The first-order chi connectivity index (χ1) is 6.49. The number of rotatable bonds is 3. The molecule has 0 saturated heterocycles. The van der Waals surface area contributed by atoms with E-state index >= 15 is 0 Å². The Kier molecular flexibility index (Phi) is 3.23. The van der Waals surface area contributed by atoms with Gasteiger partial charge in [0.2, 0.25) is 0 Å². The lowest BCUT2D eigenvalue weighted by atomic mass is 10.2. The number of nitrogens with zero attached hydrogens (tertiary/aromatic N) is 1. The average molecular weight is 214 g/mol. The van der Waals surface area contributed by atoms with E-state index in [0.717, 1.165) is 11.9 Å². The van der Waals surface area contributed by atoms with Crippen molar-refractivity contribution in [3.63, 3.8) is 0 Å². The lowest BCUT2D eigenvalue weighted by Gasteiger charge is -2.06. The van der Waals surface area contributed by atoms with Gasteiger partial charge in [0.1, 0.15) is 0 Å². The van der Waals surface area contributed by atoms with Crippen LogP contribution < -0.4 is 5.73 Å². The summed E-state index contributed by atoms with van der Waals surface area (Å²) in [5, 5.41) is 0.111. The number of sulfone groups is 1. The minimum atomic E-state index is -3.27. The molecule has 0 unspecified atom stereocenters. The van der Waals surface area contributed by atoms with Crippen LogP contribution in [0.15, 0.2) is 17.2 Å². The SMILES string of the molecule is CCc1ccc(CN)c(S(C)(=O)=O)n1. The second kappa shape index (κ2) is 4.06. The number of hydrogen-bond acceptors (Lipinski definition) is 4.